The standard InChI is InChI=1S/C13H18FNO4/c1-13(2,3)19-8-7-18-9-10-5-4-6-11(12(10)14)15(16)17/h4-6H,7-9H2,1-3H3. The third kappa shape index (κ3) is 5.32. The topological polar surface area (TPSA) is 61.6 Å². The van der Waals surface area contributed by atoms with Crippen molar-refractivity contribution in [1.82, 2.24) is 0 Å². The Morgan fingerprint density at radius 3 is 2.58 bits per heavy atom. The van der Waals surface area contributed by atoms with Crippen LogP contribution in [0.5, 0.6) is 0 Å². The van der Waals surface area contributed by atoms with Crippen molar-refractivity contribution in [2.45, 2.75) is 33.0 Å². The highest BCUT2D eigenvalue weighted by Gasteiger charge is 2.17. The van der Waals surface area contributed by atoms with E-state index in [0.29, 0.717) is 13.2 Å². The van der Waals surface area contributed by atoms with Crippen LogP contribution >= 0.6 is 0 Å². The molecule has 0 saturated carbocycles. The fraction of sp³-hybridized carbons (Fsp3) is 0.538. The molecule has 5 nitrogen and oxygen atoms in total. The van der Waals surface area contributed by atoms with E-state index in [2.05, 4.69) is 0 Å². The van der Waals surface area contributed by atoms with Crippen molar-refractivity contribution >= 4 is 5.69 Å². The Bertz CT molecular complexity index is 443. The average molecular weight is 271 g/mol. The number of nitrogens with zero attached hydrogens (tertiary/aromatic N) is 1. The Kier molecular flexibility index (Phi) is 5.38. The van der Waals surface area contributed by atoms with Crippen LogP contribution in [-0.2, 0) is 16.1 Å². The lowest BCUT2D eigenvalue weighted by Crippen LogP contribution is -2.21. The molecule has 1 aromatic rings. The van der Waals surface area contributed by atoms with Crippen LogP contribution in [0.4, 0.5) is 10.1 Å². The summed E-state index contributed by atoms with van der Waals surface area (Å²) in [6.07, 6.45) is 0. The number of benzene rings is 1. The number of halogens is 1. The lowest BCUT2D eigenvalue weighted by Gasteiger charge is -2.19. The number of hydrogen-bond donors (Lipinski definition) is 0. The first-order valence-corrected chi connectivity index (χ1v) is 5.95. The van der Waals surface area contributed by atoms with Crippen molar-refractivity contribution in [1.29, 1.82) is 0 Å². The second kappa shape index (κ2) is 6.58. The Morgan fingerprint density at radius 1 is 1.32 bits per heavy atom. The van der Waals surface area contributed by atoms with Crippen molar-refractivity contribution in [2.75, 3.05) is 13.2 Å². The van der Waals surface area contributed by atoms with Crippen LogP contribution in [-0.4, -0.2) is 23.7 Å². The largest absolute Gasteiger partial charge is 0.374 e. The summed E-state index contributed by atoms with van der Waals surface area (Å²) in [5.41, 5.74) is -0.614. The molecule has 1 aromatic carbocycles. The van der Waals surface area contributed by atoms with Crippen molar-refractivity contribution in [2.24, 2.45) is 0 Å². The van der Waals surface area contributed by atoms with Crippen LogP contribution in [0.25, 0.3) is 0 Å². The van der Waals surface area contributed by atoms with E-state index in [9.17, 15) is 14.5 Å². The molecule has 0 aliphatic carbocycles. The molecule has 0 unspecified atom stereocenters. The predicted octanol–water partition coefficient (Wildman–Crippen LogP) is 3.07. The highest BCUT2D eigenvalue weighted by atomic mass is 19.1. The molecule has 0 aromatic heterocycles. The van der Waals surface area contributed by atoms with Gasteiger partial charge in [0.2, 0.25) is 5.82 Å². The molecule has 19 heavy (non-hydrogen) atoms. The van der Waals surface area contributed by atoms with Gasteiger partial charge in [0.05, 0.1) is 30.3 Å². The summed E-state index contributed by atoms with van der Waals surface area (Å²) in [5, 5.41) is 10.6. The van der Waals surface area contributed by atoms with Gasteiger partial charge in [0.25, 0.3) is 0 Å². The lowest BCUT2D eigenvalue weighted by molar-refractivity contribution is -0.387. The highest BCUT2D eigenvalue weighted by Crippen LogP contribution is 2.20. The average Bonchev–Trinajstić information content (AvgIpc) is 2.28. The van der Waals surface area contributed by atoms with Crippen molar-refractivity contribution in [3.8, 4) is 0 Å². The van der Waals surface area contributed by atoms with E-state index < -0.39 is 16.4 Å². The smallest absolute Gasteiger partial charge is 0.305 e. The predicted molar refractivity (Wildman–Crippen MR) is 68.4 cm³/mol. The van der Waals surface area contributed by atoms with Crippen LogP contribution in [0.3, 0.4) is 0 Å². The molecule has 0 saturated heterocycles. The number of hydrogen-bond acceptors (Lipinski definition) is 4. The Morgan fingerprint density at radius 2 is 2.00 bits per heavy atom. The summed E-state index contributed by atoms with van der Waals surface area (Å²) in [6, 6.07) is 4.03. The number of rotatable bonds is 6. The second-order valence-electron chi connectivity index (χ2n) is 5.02. The summed E-state index contributed by atoms with van der Waals surface area (Å²) in [7, 11) is 0. The molecule has 106 valence electrons. The molecule has 0 bridgehead atoms. The van der Waals surface area contributed by atoms with Crippen molar-refractivity contribution in [3.63, 3.8) is 0 Å². The summed E-state index contributed by atoms with van der Waals surface area (Å²) < 4.78 is 24.3. The maximum absolute atomic E-state index is 13.7. The number of nitro groups is 1. The van der Waals surface area contributed by atoms with Crippen LogP contribution in [0.1, 0.15) is 26.3 Å². The zero-order valence-corrected chi connectivity index (χ0v) is 11.3. The zero-order valence-electron chi connectivity index (χ0n) is 11.3. The molecular weight excluding hydrogens is 253 g/mol. The van der Waals surface area contributed by atoms with Gasteiger partial charge < -0.3 is 9.47 Å². The third-order valence-corrected chi connectivity index (χ3v) is 2.28. The van der Waals surface area contributed by atoms with Gasteiger partial charge in [0.1, 0.15) is 0 Å². The molecule has 0 aliphatic rings. The summed E-state index contributed by atoms with van der Waals surface area (Å²) in [5.74, 6) is -0.843. The van der Waals surface area contributed by atoms with Gasteiger partial charge in [0, 0.05) is 11.6 Å². The van der Waals surface area contributed by atoms with E-state index in [0.717, 1.165) is 6.07 Å². The van der Waals surface area contributed by atoms with E-state index in [-0.39, 0.29) is 17.8 Å². The SMILES string of the molecule is CC(C)(C)OCCOCc1cccc([N+](=O)[O-])c1F. The minimum atomic E-state index is -0.843. The Balaban J connectivity index is 2.46. The first-order chi connectivity index (χ1) is 8.81. The van der Waals surface area contributed by atoms with Crippen LogP contribution in [0.2, 0.25) is 0 Å². The molecule has 0 atom stereocenters. The van der Waals surface area contributed by atoms with E-state index >= 15 is 0 Å². The van der Waals surface area contributed by atoms with E-state index in [1.165, 1.54) is 12.1 Å². The number of ether oxygens (including phenoxy) is 2. The van der Waals surface area contributed by atoms with Crippen molar-refractivity contribution in [3.05, 3.63) is 39.7 Å². The molecule has 0 aliphatic heterocycles. The molecule has 6 heteroatoms. The van der Waals surface area contributed by atoms with E-state index in [4.69, 9.17) is 9.47 Å². The summed E-state index contributed by atoms with van der Waals surface area (Å²) >= 11 is 0. The molecule has 0 spiro atoms. The molecular formula is C13H18FNO4. The van der Waals surface area contributed by atoms with Crippen LogP contribution in [0.15, 0.2) is 18.2 Å². The van der Waals surface area contributed by atoms with Gasteiger partial charge in [0.15, 0.2) is 0 Å². The van der Waals surface area contributed by atoms with Gasteiger partial charge in [-0.25, -0.2) is 0 Å². The van der Waals surface area contributed by atoms with E-state index in [1.54, 1.807) is 0 Å². The van der Waals surface area contributed by atoms with Gasteiger partial charge in [-0.05, 0) is 20.8 Å². The maximum Gasteiger partial charge on any atom is 0.305 e. The van der Waals surface area contributed by atoms with Gasteiger partial charge in [-0.15, -0.1) is 0 Å². The fourth-order valence-electron chi connectivity index (χ4n) is 1.41. The minimum absolute atomic E-state index is 0.0129. The second-order valence-corrected chi connectivity index (χ2v) is 5.02. The molecule has 0 amide bonds. The van der Waals surface area contributed by atoms with Gasteiger partial charge in [-0.2, -0.15) is 4.39 Å². The quantitative estimate of drug-likeness (QED) is 0.453. The fourth-order valence-corrected chi connectivity index (χ4v) is 1.41. The zero-order chi connectivity index (χ0) is 14.5. The van der Waals surface area contributed by atoms with E-state index in [1.807, 2.05) is 20.8 Å². The number of nitro benzene ring substituents is 1. The monoisotopic (exact) mass is 271 g/mol. The van der Waals surface area contributed by atoms with Gasteiger partial charge >= 0.3 is 5.69 Å². The first kappa shape index (κ1) is 15.5. The van der Waals surface area contributed by atoms with Crippen molar-refractivity contribution < 1.29 is 18.8 Å². The minimum Gasteiger partial charge on any atom is -0.374 e. The van der Waals surface area contributed by atoms with Gasteiger partial charge in [-0.3, -0.25) is 10.1 Å². The van der Waals surface area contributed by atoms with Crippen LogP contribution < -0.4 is 0 Å². The molecule has 0 N–H and O–H groups in total. The third-order valence-electron chi connectivity index (χ3n) is 2.28. The molecule has 0 fully saturated rings. The Hall–Kier alpha value is -1.53. The molecule has 1 rings (SSSR count). The molecule has 0 heterocycles. The van der Waals surface area contributed by atoms with Gasteiger partial charge in [-0.1, -0.05) is 12.1 Å². The summed E-state index contributed by atoms with van der Waals surface area (Å²) in [4.78, 5) is 9.82. The Labute approximate surface area is 111 Å². The lowest BCUT2D eigenvalue weighted by atomic mass is 10.2. The highest BCUT2D eigenvalue weighted by molar-refractivity contribution is 5.36. The first-order valence-electron chi connectivity index (χ1n) is 5.95. The van der Waals surface area contributed by atoms with Crippen LogP contribution in [0, 0.1) is 15.9 Å². The summed E-state index contributed by atoms with van der Waals surface area (Å²) in [6.45, 7) is 6.45. The maximum atomic E-state index is 13.7. The normalized spacial score (nSPS) is 11.6. The molecule has 0 radical (unpaired) electrons.